The van der Waals surface area contributed by atoms with Gasteiger partial charge >= 0.3 is 5.51 Å². The van der Waals surface area contributed by atoms with Crippen LogP contribution in [0.4, 0.5) is 18.9 Å². The highest BCUT2D eigenvalue weighted by Crippen LogP contribution is 2.36. The van der Waals surface area contributed by atoms with E-state index < -0.39 is 22.4 Å². The van der Waals surface area contributed by atoms with E-state index in [1.54, 1.807) is 13.0 Å². The van der Waals surface area contributed by atoms with Gasteiger partial charge < -0.3 is 4.90 Å². The van der Waals surface area contributed by atoms with Crippen LogP contribution in [0.5, 0.6) is 0 Å². The number of alkyl halides is 3. The number of nitro benzene ring substituents is 1. The van der Waals surface area contributed by atoms with Crippen molar-refractivity contribution >= 4 is 23.4 Å². The molecule has 1 atom stereocenters. The Hall–Kier alpha value is -2.55. The van der Waals surface area contributed by atoms with Gasteiger partial charge in [0.1, 0.15) is 0 Å². The minimum absolute atomic E-state index is 0.0107. The van der Waals surface area contributed by atoms with Gasteiger partial charge in [-0.15, -0.1) is 0 Å². The Labute approximate surface area is 152 Å². The van der Waals surface area contributed by atoms with Gasteiger partial charge in [0.25, 0.3) is 11.6 Å². The summed E-state index contributed by atoms with van der Waals surface area (Å²) in [7, 11) is 1.53. The number of thioether (sulfide) groups is 1. The molecule has 0 heterocycles. The van der Waals surface area contributed by atoms with Crippen molar-refractivity contribution in [3.05, 3.63) is 69.8 Å². The van der Waals surface area contributed by atoms with E-state index >= 15 is 0 Å². The number of carbonyl (C=O) groups is 1. The highest BCUT2D eigenvalue weighted by Gasteiger charge is 2.29. The summed E-state index contributed by atoms with van der Waals surface area (Å²) in [5.41, 5.74) is -3.65. The average molecular weight is 384 g/mol. The van der Waals surface area contributed by atoms with Crippen molar-refractivity contribution < 1.29 is 22.9 Å². The van der Waals surface area contributed by atoms with Gasteiger partial charge in [0, 0.05) is 29.6 Å². The second-order valence-electron chi connectivity index (χ2n) is 5.52. The van der Waals surface area contributed by atoms with E-state index in [-0.39, 0.29) is 27.9 Å². The first-order valence-corrected chi connectivity index (χ1v) is 8.27. The fourth-order valence-electron chi connectivity index (χ4n) is 2.30. The third-order valence-corrected chi connectivity index (χ3v) is 4.54. The van der Waals surface area contributed by atoms with Crippen LogP contribution in [-0.2, 0) is 0 Å². The molecule has 0 saturated heterocycles. The number of benzene rings is 2. The zero-order valence-corrected chi connectivity index (χ0v) is 14.7. The van der Waals surface area contributed by atoms with Crippen LogP contribution in [0.25, 0.3) is 0 Å². The summed E-state index contributed by atoms with van der Waals surface area (Å²) in [6.45, 7) is 1.71. The fourth-order valence-corrected chi connectivity index (χ4v) is 2.84. The molecule has 1 amide bonds. The Morgan fingerprint density at radius 1 is 1.19 bits per heavy atom. The van der Waals surface area contributed by atoms with Gasteiger partial charge in [-0.05, 0) is 48.5 Å². The van der Waals surface area contributed by atoms with E-state index in [4.69, 9.17) is 0 Å². The van der Waals surface area contributed by atoms with Crippen LogP contribution in [0.1, 0.15) is 28.9 Å². The molecule has 0 spiro atoms. The summed E-state index contributed by atoms with van der Waals surface area (Å²) in [6.07, 6.45) is 0. The van der Waals surface area contributed by atoms with Crippen molar-refractivity contribution in [2.45, 2.75) is 23.4 Å². The molecule has 0 radical (unpaired) electrons. The predicted octanol–water partition coefficient (Wildman–Crippen LogP) is 5.04. The monoisotopic (exact) mass is 384 g/mol. The molecule has 2 aromatic rings. The highest BCUT2D eigenvalue weighted by molar-refractivity contribution is 8.00. The number of amides is 1. The number of non-ortho nitro benzene ring substituents is 1. The number of carbonyl (C=O) groups excluding carboxylic acids is 1. The SMILES string of the molecule is C[C@@H](c1cccc([N+](=O)[O-])c1)N(C)C(=O)c1ccc(SC(F)(F)F)cc1. The molecule has 0 saturated carbocycles. The first-order valence-electron chi connectivity index (χ1n) is 7.46. The third kappa shape index (κ3) is 4.98. The van der Waals surface area contributed by atoms with E-state index in [9.17, 15) is 28.1 Å². The Balaban J connectivity index is 2.15. The molecule has 5 nitrogen and oxygen atoms in total. The molecule has 0 aliphatic rings. The summed E-state index contributed by atoms with van der Waals surface area (Å²) in [5.74, 6) is -0.396. The number of hydrogen-bond acceptors (Lipinski definition) is 4. The lowest BCUT2D eigenvalue weighted by molar-refractivity contribution is -0.384. The first kappa shape index (κ1) is 19.8. The topological polar surface area (TPSA) is 63.5 Å². The van der Waals surface area contributed by atoms with Crippen molar-refractivity contribution in [3.63, 3.8) is 0 Å². The molecular weight excluding hydrogens is 369 g/mol. The van der Waals surface area contributed by atoms with Gasteiger partial charge in [-0.1, -0.05) is 12.1 Å². The molecule has 26 heavy (non-hydrogen) atoms. The maximum Gasteiger partial charge on any atom is 0.446 e. The smallest absolute Gasteiger partial charge is 0.335 e. The third-order valence-electron chi connectivity index (χ3n) is 3.80. The molecule has 0 aliphatic carbocycles. The number of hydrogen-bond donors (Lipinski definition) is 0. The summed E-state index contributed by atoms with van der Waals surface area (Å²) in [6, 6.07) is 10.6. The Morgan fingerprint density at radius 2 is 1.81 bits per heavy atom. The quantitative estimate of drug-likeness (QED) is 0.412. The summed E-state index contributed by atoms with van der Waals surface area (Å²) in [5, 5.41) is 10.9. The van der Waals surface area contributed by atoms with Crippen LogP contribution in [0, 0.1) is 10.1 Å². The number of nitrogens with zero attached hydrogens (tertiary/aromatic N) is 2. The number of halogens is 3. The molecule has 0 aliphatic heterocycles. The Bertz CT molecular complexity index is 810. The maximum absolute atomic E-state index is 12.5. The van der Waals surface area contributed by atoms with Crippen LogP contribution in [0.2, 0.25) is 0 Å². The average Bonchev–Trinajstić information content (AvgIpc) is 2.59. The normalized spacial score (nSPS) is 12.5. The second-order valence-corrected chi connectivity index (χ2v) is 6.65. The van der Waals surface area contributed by atoms with Crippen molar-refractivity contribution in [1.82, 2.24) is 4.90 Å². The lowest BCUT2D eigenvalue weighted by Gasteiger charge is -2.25. The second kappa shape index (κ2) is 7.77. The lowest BCUT2D eigenvalue weighted by atomic mass is 10.1. The predicted molar refractivity (Wildman–Crippen MR) is 92.0 cm³/mol. The molecule has 138 valence electrons. The van der Waals surface area contributed by atoms with E-state index in [0.29, 0.717) is 5.56 Å². The molecule has 2 rings (SSSR count). The molecule has 0 bridgehead atoms. The number of rotatable bonds is 5. The highest BCUT2D eigenvalue weighted by atomic mass is 32.2. The maximum atomic E-state index is 12.5. The molecule has 2 aromatic carbocycles. The number of nitro groups is 1. The van der Waals surface area contributed by atoms with Crippen molar-refractivity contribution in [1.29, 1.82) is 0 Å². The molecule has 0 unspecified atom stereocenters. The first-order chi connectivity index (χ1) is 12.1. The largest absolute Gasteiger partial charge is 0.446 e. The van der Waals surface area contributed by atoms with Gasteiger partial charge in [-0.25, -0.2) is 0 Å². The Morgan fingerprint density at radius 3 is 2.35 bits per heavy atom. The molecule has 0 aromatic heterocycles. The summed E-state index contributed by atoms with van der Waals surface area (Å²) in [4.78, 5) is 24.3. The molecule has 0 N–H and O–H groups in total. The van der Waals surface area contributed by atoms with Gasteiger partial charge in [0.2, 0.25) is 0 Å². The molecular formula is C17H15F3N2O3S. The zero-order chi connectivity index (χ0) is 19.5. The molecule has 0 fully saturated rings. The van der Waals surface area contributed by atoms with Crippen LogP contribution in [0.3, 0.4) is 0 Å². The van der Waals surface area contributed by atoms with Crippen LogP contribution in [0.15, 0.2) is 53.4 Å². The van der Waals surface area contributed by atoms with Gasteiger partial charge in [-0.2, -0.15) is 13.2 Å². The van der Waals surface area contributed by atoms with Crippen molar-refractivity contribution in [3.8, 4) is 0 Å². The van der Waals surface area contributed by atoms with E-state index in [2.05, 4.69) is 0 Å². The van der Waals surface area contributed by atoms with Crippen LogP contribution in [-0.4, -0.2) is 28.3 Å². The van der Waals surface area contributed by atoms with Crippen molar-refractivity contribution in [2.24, 2.45) is 0 Å². The lowest BCUT2D eigenvalue weighted by Crippen LogP contribution is -2.29. The summed E-state index contributed by atoms with van der Waals surface area (Å²) >= 11 is -0.252. The Kier molecular flexibility index (Phi) is 5.91. The van der Waals surface area contributed by atoms with E-state index in [1.807, 2.05) is 0 Å². The summed E-state index contributed by atoms with van der Waals surface area (Å²) < 4.78 is 37.1. The van der Waals surface area contributed by atoms with Gasteiger partial charge in [-0.3, -0.25) is 14.9 Å². The van der Waals surface area contributed by atoms with E-state index in [0.717, 1.165) is 0 Å². The standard InChI is InChI=1S/C17H15F3N2O3S/c1-11(13-4-3-5-14(10-13)22(24)25)21(2)16(23)12-6-8-15(9-7-12)26-17(18,19)20/h3-11H,1-2H3/t11-/m0/s1. The minimum atomic E-state index is -4.39. The minimum Gasteiger partial charge on any atom is -0.335 e. The zero-order valence-electron chi connectivity index (χ0n) is 13.9. The van der Waals surface area contributed by atoms with E-state index in [1.165, 1.54) is 54.4 Å². The van der Waals surface area contributed by atoms with Crippen LogP contribution >= 0.6 is 11.8 Å². The molecule has 9 heteroatoms. The van der Waals surface area contributed by atoms with Gasteiger partial charge in [0.05, 0.1) is 11.0 Å². The van der Waals surface area contributed by atoms with Crippen molar-refractivity contribution in [2.75, 3.05) is 7.05 Å². The fraction of sp³-hybridized carbons (Fsp3) is 0.235. The van der Waals surface area contributed by atoms with Gasteiger partial charge in [0.15, 0.2) is 0 Å². The van der Waals surface area contributed by atoms with Crippen LogP contribution < -0.4 is 0 Å².